The Morgan fingerprint density at radius 3 is 2.65 bits per heavy atom. The first kappa shape index (κ1) is 14.2. The van der Waals surface area contributed by atoms with E-state index < -0.39 is 9.84 Å². The molecule has 17 heavy (non-hydrogen) atoms. The molecule has 1 heterocycles. The zero-order chi connectivity index (χ0) is 12.7. The number of unbranched alkanes of at least 4 members (excludes halogenated alkanes) is 2. The SMILES string of the molecule is Cc1cnn(CCCCCS(=O)(=O)CCO)c1. The van der Waals surface area contributed by atoms with Gasteiger partial charge in [-0.15, -0.1) is 0 Å². The van der Waals surface area contributed by atoms with Crippen molar-refractivity contribution in [1.82, 2.24) is 9.78 Å². The van der Waals surface area contributed by atoms with Crippen molar-refractivity contribution in [3.05, 3.63) is 18.0 Å². The number of aliphatic hydroxyl groups is 1. The number of nitrogens with zero attached hydrogens (tertiary/aromatic N) is 2. The quantitative estimate of drug-likeness (QED) is 0.701. The summed E-state index contributed by atoms with van der Waals surface area (Å²) in [5.74, 6) is 0.0526. The lowest BCUT2D eigenvalue weighted by Gasteiger charge is -2.03. The van der Waals surface area contributed by atoms with Crippen LogP contribution in [0.2, 0.25) is 0 Å². The predicted octanol–water partition coefficient (Wildman–Crippen LogP) is 0.769. The summed E-state index contributed by atoms with van der Waals surface area (Å²) >= 11 is 0. The molecule has 0 saturated carbocycles. The highest BCUT2D eigenvalue weighted by molar-refractivity contribution is 7.91. The van der Waals surface area contributed by atoms with Crippen LogP contribution in [-0.2, 0) is 16.4 Å². The summed E-state index contributed by atoms with van der Waals surface area (Å²) in [6.45, 7) is 2.54. The zero-order valence-electron chi connectivity index (χ0n) is 10.2. The van der Waals surface area contributed by atoms with Gasteiger partial charge in [0.25, 0.3) is 0 Å². The lowest BCUT2D eigenvalue weighted by Crippen LogP contribution is -2.13. The van der Waals surface area contributed by atoms with Gasteiger partial charge in [-0.05, 0) is 25.3 Å². The van der Waals surface area contributed by atoms with Crippen LogP contribution >= 0.6 is 0 Å². The van der Waals surface area contributed by atoms with E-state index >= 15 is 0 Å². The van der Waals surface area contributed by atoms with Crippen molar-refractivity contribution in [3.63, 3.8) is 0 Å². The van der Waals surface area contributed by atoms with Gasteiger partial charge in [-0.1, -0.05) is 6.42 Å². The number of hydrogen-bond acceptors (Lipinski definition) is 4. The summed E-state index contributed by atoms with van der Waals surface area (Å²) < 4.78 is 24.5. The lowest BCUT2D eigenvalue weighted by atomic mass is 10.2. The Morgan fingerprint density at radius 1 is 1.29 bits per heavy atom. The minimum atomic E-state index is -3.05. The van der Waals surface area contributed by atoms with Gasteiger partial charge in [0.05, 0.1) is 24.3 Å². The van der Waals surface area contributed by atoms with Gasteiger partial charge in [0, 0.05) is 12.7 Å². The number of aryl methyl sites for hydroxylation is 2. The molecule has 0 aromatic carbocycles. The number of aliphatic hydroxyl groups excluding tert-OH is 1. The molecule has 0 spiro atoms. The van der Waals surface area contributed by atoms with Crippen LogP contribution in [0.4, 0.5) is 0 Å². The molecule has 0 aliphatic carbocycles. The van der Waals surface area contributed by atoms with E-state index in [4.69, 9.17) is 5.11 Å². The molecule has 1 aromatic heterocycles. The van der Waals surface area contributed by atoms with Crippen LogP contribution in [0.3, 0.4) is 0 Å². The minimum absolute atomic E-state index is 0.120. The largest absolute Gasteiger partial charge is 0.395 e. The molecule has 0 amide bonds. The molecule has 0 unspecified atom stereocenters. The second-order valence-electron chi connectivity index (χ2n) is 4.22. The lowest BCUT2D eigenvalue weighted by molar-refractivity contribution is 0.319. The third-order valence-corrected chi connectivity index (χ3v) is 4.22. The molecule has 0 bridgehead atoms. The first-order valence-corrected chi connectivity index (χ1v) is 7.66. The fourth-order valence-electron chi connectivity index (χ4n) is 1.60. The van der Waals surface area contributed by atoms with Gasteiger partial charge in [-0.3, -0.25) is 4.68 Å². The van der Waals surface area contributed by atoms with E-state index in [0.29, 0.717) is 6.42 Å². The Bertz CT molecular complexity index is 426. The maximum Gasteiger partial charge on any atom is 0.152 e. The molecule has 1 N–H and O–H groups in total. The van der Waals surface area contributed by atoms with E-state index in [0.717, 1.165) is 24.9 Å². The third kappa shape index (κ3) is 5.83. The normalized spacial score (nSPS) is 11.9. The van der Waals surface area contributed by atoms with Crippen molar-refractivity contribution in [1.29, 1.82) is 0 Å². The molecule has 0 aliphatic rings. The standard InChI is InChI=1S/C11H20N2O3S/c1-11-9-12-13(10-11)5-3-2-4-7-17(15,16)8-6-14/h9-10,14H,2-8H2,1H3. The summed E-state index contributed by atoms with van der Waals surface area (Å²) in [5.41, 5.74) is 1.13. The fourth-order valence-corrected chi connectivity index (χ4v) is 2.73. The van der Waals surface area contributed by atoms with Crippen LogP contribution < -0.4 is 0 Å². The van der Waals surface area contributed by atoms with E-state index in [2.05, 4.69) is 5.10 Å². The van der Waals surface area contributed by atoms with Gasteiger partial charge in [0.15, 0.2) is 9.84 Å². The van der Waals surface area contributed by atoms with Crippen molar-refractivity contribution < 1.29 is 13.5 Å². The zero-order valence-corrected chi connectivity index (χ0v) is 11.0. The molecule has 0 aliphatic heterocycles. The highest BCUT2D eigenvalue weighted by Crippen LogP contribution is 2.03. The number of hydrogen-bond donors (Lipinski definition) is 1. The van der Waals surface area contributed by atoms with Gasteiger partial charge >= 0.3 is 0 Å². The van der Waals surface area contributed by atoms with Gasteiger partial charge in [0.1, 0.15) is 0 Å². The molecule has 5 nitrogen and oxygen atoms in total. The van der Waals surface area contributed by atoms with Crippen LogP contribution in [0.5, 0.6) is 0 Å². The number of sulfone groups is 1. The topological polar surface area (TPSA) is 72.2 Å². The molecule has 0 radical (unpaired) electrons. The number of aromatic nitrogens is 2. The van der Waals surface area contributed by atoms with E-state index in [1.54, 1.807) is 0 Å². The molecule has 98 valence electrons. The first-order valence-electron chi connectivity index (χ1n) is 5.84. The summed E-state index contributed by atoms with van der Waals surface area (Å²) in [6, 6.07) is 0. The molecule has 0 saturated heterocycles. The molecule has 0 atom stereocenters. The highest BCUT2D eigenvalue weighted by atomic mass is 32.2. The molecule has 0 fully saturated rings. The molecule has 1 rings (SSSR count). The predicted molar refractivity (Wildman–Crippen MR) is 66.6 cm³/mol. The summed E-state index contributed by atoms with van der Waals surface area (Å²) in [5, 5.41) is 12.7. The number of rotatable bonds is 8. The van der Waals surface area contributed by atoms with Crippen LogP contribution in [0.1, 0.15) is 24.8 Å². The van der Waals surface area contributed by atoms with Crippen molar-refractivity contribution in [2.75, 3.05) is 18.1 Å². The summed E-state index contributed by atoms with van der Waals surface area (Å²) in [4.78, 5) is 0. The van der Waals surface area contributed by atoms with Crippen LogP contribution in [-0.4, -0.2) is 41.4 Å². The maximum atomic E-state index is 11.3. The van der Waals surface area contributed by atoms with E-state index in [1.807, 2.05) is 24.0 Å². The van der Waals surface area contributed by atoms with E-state index in [-0.39, 0.29) is 18.1 Å². The summed E-state index contributed by atoms with van der Waals surface area (Å²) in [7, 11) is -3.05. The average Bonchev–Trinajstić information content (AvgIpc) is 2.63. The average molecular weight is 260 g/mol. The van der Waals surface area contributed by atoms with Crippen LogP contribution in [0.15, 0.2) is 12.4 Å². The molecular formula is C11H20N2O3S. The van der Waals surface area contributed by atoms with Crippen molar-refractivity contribution in [2.45, 2.75) is 32.7 Å². The van der Waals surface area contributed by atoms with Gasteiger partial charge in [0.2, 0.25) is 0 Å². The van der Waals surface area contributed by atoms with Crippen molar-refractivity contribution in [2.24, 2.45) is 0 Å². The minimum Gasteiger partial charge on any atom is -0.395 e. The van der Waals surface area contributed by atoms with E-state index in [9.17, 15) is 8.42 Å². The Labute approximate surface area is 102 Å². The second-order valence-corrected chi connectivity index (χ2v) is 6.52. The highest BCUT2D eigenvalue weighted by Gasteiger charge is 2.08. The van der Waals surface area contributed by atoms with Gasteiger partial charge < -0.3 is 5.11 Å². The molecule has 6 heteroatoms. The smallest absolute Gasteiger partial charge is 0.152 e. The van der Waals surface area contributed by atoms with Gasteiger partial charge in [-0.2, -0.15) is 5.10 Å². The molecular weight excluding hydrogens is 240 g/mol. The van der Waals surface area contributed by atoms with Gasteiger partial charge in [-0.25, -0.2) is 8.42 Å². The Balaban J connectivity index is 2.13. The van der Waals surface area contributed by atoms with Crippen molar-refractivity contribution >= 4 is 9.84 Å². The Kier molecular flexibility index (Phi) is 5.64. The summed E-state index contributed by atoms with van der Waals surface area (Å²) in [6.07, 6.45) is 6.23. The van der Waals surface area contributed by atoms with Crippen LogP contribution in [0.25, 0.3) is 0 Å². The maximum absolute atomic E-state index is 11.3. The Morgan fingerprint density at radius 2 is 2.06 bits per heavy atom. The van der Waals surface area contributed by atoms with E-state index in [1.165, 1.54) is 0 Å². The third-order valence-electron chi connectivity index (χ3n) is 2.51. The second kappa shape index (κ2) is 6.76. The van der Waals surface area contributed by atoms with Crippen LogP contribution in [0, 0.1) is 6.92 Å². The Hall–Kier alpha value is -0.880. The monoisotopic (exact) mass is 260 g/mol. The van der Waals surface area contributed by atoms with Crippen molar-refractivity contribution in [3.8, 4) is 0 Å². The first-order chi connectivity index (χ1) is 8.03. The molecule has 1 aromatic rings. The fraction of sp³-hybridized carbons (Fsp3) is 0.727.